The Balaban J connectivity index is 0.000000261. The zero-order valence-corrected chi connectivity index (χ0v) is 7.16. The van der Waals surface area contributed by atoms with E-state index in [-0.39, 0.29) is 5.97 Å². The van der Waals surface area contributed by atoms with Gasteiger partial charge in [0.1, 0.15) is 5.76 Å². The van der Waals surface area contributed by atoms with Gasteiger partial charge in [0.2, 0.25) is 0 Å². The standard InChI is InChI=1S/C6H8O2.C2H4O2/c1-5(7)8-6-3-2-4-6;1-2(3)4/h3H,2,4H2,1H3;1H3,(H,3,4). The van der Waals surface area contributed by atoms with Crippen molar-refractivity contribution in [3.8, 4) is 0 Å². The Hall–Kier alpha value is -1.32. The van der Waals surface area contributed by atoms with Gasteiger partial charge in [-0.05, 0) is 12.5 Å². The predicted octanol–water partition coefficient (Wildman–Crippen LogP) is 1.32. The minimum absolute atomic E-state index is 0.212. The molecule has 0 radical (unpaired) electrons. The van der Waals surface area contributed by atoms with Crippen molar-refractivity contribution in [1.82, 2.24) is 0 Å². The van der Waals surface area contributed by atoms with Gasteiger partial charge in [-0.2, -0.15) is 0 Å². The van der Waals surface area contributed by atoms with Gasteiger partial charge >= 0.3 is 5.97 Å². The molecule has 0 saturated carbocycles. The van der Waals surface area contributed by atoms with Crippen LogP contribution in [-0.2, 0) is 14.3 Å². The Kier molecular flexibility index (Phi) is 4.76. The van der Waals surface area contributed by atoms with Crippen LogP contribution in [0.5, 0.6) is 0 Å². The molecule has 0 saturated heterocycles. The second kappa shape index (κ2) is 5.35. The summed E-state index contributed by atoms with van der Waals surface area (Å²) in [5.41, 5.74) is 0. The van der Waals surface area contributed by atoms with Crippen LogP contribution < -0.4 is 0 Å². The van der Waals surface area contributed by atoms with Crippen LogP contribution in [0.4, 0.5) is 0 Å². The number of carbonyl (C=O) groups is 2. The second-order valence-corrected chi connectivity index (χ2v) is 2.32. The molecule has 4 heteroatoms. The number of hydrogen-bond acceptors (Lipinski definition) is 3. The van der Waals surface area contributed by atoms with Crippen molar-refractivity contribution in [2.45, 2.75) is 26.7 Å². The van der Waals surface area contributed by atoms with Crippen molar-refractivity contribution in [1.29, 1.82) is 0 Å². The highest BCUT2D eigenvalue weighted by atomic mass is 16.5. The summed E-state index contributed by atoms with van der Waals surface area (Å²) < 4.78 is 4.71. The summed E-state index contributed by atoms with van der Waals surface area (Å²) >= 11 is 0. The summed E-state index contributed by atoms with van der Waals surface area (Å²) in [4.78, 5) is 19.2. The monoisotopic (exact) mass is 172 g/mol. The summed E-state index contributed by atoms with van der Waals surface area (Å²) in [6.07, 6.45) is 3.91. The van der Waals surface area contributed by atoms with Crippen LogP contribution in [0.3, 0.4) is 0 Å². The highest BCUT2D eigenvalue weighted by Gasteiger charge is 2.07. The van der Waals surface area contributed by atoms with Crippen LogP contribution in [0.25, 0.3) is 0 Å². The van der Waals surface area contributed by atoms with Gasteiger partial charge in [0.05, 0.1) is 0 Å². The van der Waals surface area contributed by atoms with E-state index in [0.29, 0.717) is 0 Å². The lowest BCUT2D eigenvalue weighted by Crippen LogP contribution is -2.03. The van der Waals surface area contributed by atoms with Crippen LogP contribution in [0, 0.1) is 0 Å². The van der Waals surface area contributed by atoms with Gasteiger partial charge in [-0.15, -0.1) is 0 Å². The molecular weight excluding hydrogens is 160 g/mol. The Morgan fingerprint density at radius 3 is 2.00 bits per heavy atom. The van der Waals surface area contributed by atoms with E-state index < -0.39 is 5.97 Å². The van der Waals surface area contributed by atoms with E-state index in [1.807, 2.05) is 6.08 Å². The van der Waals surface area contributed by atoms with Crippen molar-refractivity contribution in [2.75, 3.05) is 0 Å². The highest BCUT2D eigenvalue weighted by Crippen LogP contribution is 2.18. The number of ether oxygens (including phenoxy) is 1. The van der Waals surface area contributed by atoms with E-state index in [1.54, 1.807) is 0 Å². The summed E-state index contributed by atoms with van der Waals surface area (Å²) in [5.74, 6) is -0.214. The van der Waals surface area contributed by atoms with Gasteiger partial charge in [0.25, 0.3) is 5.97 Å². The van der Waals surface area contributed by atoms with Crippen molar-refractivity contribution in [2.24, 2.45) is 0 Å². The first-order chi connectivity index (χ1) is 5.52. The number of carboxylic acid groups (broad SMARTS) is 1. The zero-order valence-electron chi connectivity index (χ0n) is 7.16. The fraction of sp³-hybridized carbons (Fsp3) is 0.500. The smallest absolute Gasteiger partial charge is 0.307 e. The van der Waals surface area contributed by atoms with Gasteiger partial charge in [0, 0.05) is 20.3 Å². The molecule has 0 aromatic heterocycles. The highest BCUT2D eigenvalue weighted by molar-refractivity contribution is 5.67. The summed E-state index contributed by atoms with van der Waals surface area (Å²) in [6.45, 7) is 2.50. The topological polar surface area (TPSA) is 63.6 Å². The molecule has 0 heterocycles. The number of hydrogen-bond donors (Lipinski definition) is 1. The van der Waals surface area contributed by atoms with Gasteiger partial charge in [-0.25, -0.2) is 0 Å². The summed E-state index contributed by atoms with van der Waals surface area (Å²) in [5, 5.41) is 7.42. The minimum atomic E-state index is -0.833. The van der Waals surface area contributed by atoms with Crippen LogP contribution in [-0.4, -0.2) is 17.0 Å². The van der Waals surface area contributed by atoms with Gasteiger partial charge < -0.3 is 9.84 Å². The van der Waals surface area contributed by atoms with Gasteiger partial charge in [-0.1, -0.05) is 0 Å². The second-order valence-electron chi connectivity index (χ2n) is 2.32. The molecule has 0 spiro atoms. The maximum absolute atomic E-state index is 10.2. The molecule has 1 rings (SSSR count). The number of aliphatic carboxylic acids is 1. The number of carboxylic acids is 1. The molecule has 0 aromatic carbocycles. The third-order valence-corrected chi connectivity index (χ3v) is 1.04. The van der Waals surface area contributed by atoms with Crippen molar-refractivity contribution in [3.63, 3.8) is 0 Å². The maximum Gasteiger partial charge on any atom is 0.307 e. The molecule has 0 aromatic rings. The lowest BCUT2D eigenvalue weighted by Gasteiger charge is -2.11. The van der Waals surface area contributed by atoms with E-state index in [0.717, 1.165) is 25.5 Å². The molecule has 0 atom stereocenters. The normalized spacial score (nSPS) is 13.0. The first kappa shape index (κ1) is 10.7. The molecular formula is C8H12O4. The molecule has 12 heavy (non-hydrogen) atoms. The predicted molar refractivity (Wildman–Crippen MR) is 42.4 cm³/mol. The van der Waals surface area contributed by atoms with E-state index in [9.17, 15) is 4.79 Å². The van der Waals surface area contributed by atoms with Gasteiger partial charge in [-0.3, -0.25) is 9.59 Å². The van der Waals surface area contributed by atoms with Crippen LogP contribution in [0.1, 0.15) is 26.7 Å². The molecule has 1 aliphatic rings. The fourth-order valence-corrected chi connectivity index (χ4v) is 0.539. The third kappa shape index (κ3) is 6.80. The third-order valence-electron chi connectivity index (χ3n) is 1.04. The molecule has 1 aliphatic carbocycles. The van der Waals surface area contributed by atoms with Crippen LogP contribution >= 0.6 is 0 Å². The summed E-state index contributed by atoms with van der Waals surface area (Å²) in [6, 6.07) is 0. The average Bonchev–Trinajstić information content (AvgIpc) is 1.77. The van der Waals surface area contributed by atoms with E-state index in [1.165, 1.54) is 6.92 Å². The van der Waals surface area contributed by atoms with E-state index in [4.69, 9.17) is 14.6 Å². The first-order valence-corrected chi connectivity index (χ1v) is 3.59. The van der Waals surface area contributed by atoms with Crippen molar-refractivity contribution >= 4 is 11.9 Å². The largest absolute Gasteiger partial charge is 0.481 e. The number of esters is 1. The Bertz CT molecular complexity index is 201. The maximum atomic E-state index is 10.2. The molecule has 0 unspecified atom stereocenters. The van der Waals surface area contributed by atoms with Crippen molar-refractivity contribution in [3.05, 3.63) is 11.8 Å². The molecule has 4 nitrogen and oxygen atoms in total. The molecule has 68 valence electrons. The van der Waals surface area contributed by atoms with E-state index >= 15 is 0 Å². The Morgan fingerprint density at radius 2 is 1.92 bits per heavy atom. The molecule has 0 amide bonds. The fourth-order valence-electron chi connectivity index (χ4n) is 0.539. The molecule has 0 fully saturated rings. The molecule has 0 bridgehead atoms. The zero-order chi connectivity index (χ0) is 9.56. The van der Waals surface area contributed by atoms with Crippen LogP contribution in [0.2, 0.25) is 0 Å². The first-order valence-electron chi connectivity index (χ1n) is 3.59. The minimum Gasteiger partial charge on any atom is -0.481 e. The SMILES string of the molecule is CC(=O)O.CC(=O)OC1=CCC1. The van der Waals surface area contributed by atoms with Gasteiger partial charge in [0.15, 0.2) is 0 Å². The summed E-state index contributed by atoms with van der Waals surface area (Å²) in [7, 11) is 0. The lowest BCUT2D eigenvalue weighted by atomic mass is 10.1. The Morgan fingerprint density at radius 1 is 1.50 bits per heavy atom. The Labute approximate surface area is 70.8 Å². The number of allylic oxidation sites excluding steroid dienone is 2. The van der Waals surface area contributed by atoms with Crippen LogP contribution in [0.15, 0.2) is 11.8 Å². The molecule has 1 N–H and O–H groups in total. The quantitative estimate of drug-likeness (QED) is 0.606. The molecule has 0 aliphatic heterocycles. The number of carbonyl (C=O) groups excluding carboxylic acids is 1. The van der Waals surface area contributed by atoms with Crippen molar-refractivity contribution < 1.29 is 19.4 Å². The number of rotatable bonds is 1. The van der Waals surface area contributed by atoms with E-state index in [2.05, 4.69) is 0 Å². The average molecular weight is 172 g/mol. The lowest BCUT2D eigenvalue weighted by molar-refractivity contribution is -0.137.